The van der Waals surface area contributed by atoms with Crippen molar-refractivity contribution in [3.8, 4) is 0 Å². The summed E-state index contributed by atoms with van der Waals surface area (Å²) in [7, 11) is -1.68. The molecular formula is C3H7I2OP. The minimum absolute atomic E-state index is 0.813. The number of rotatable bonds is 2. The molecule has 0 unspecified atom stereocenters. The van der Waals surface area contributed by atoms with Crippen molar-refractivity contribution in [2.45, 2.75) is 0 Å². The molecule has 0 aliphatic carbocycles. The maximum Gasteiger partial charge on any atom is 0.103 e. The molecule has 0 fully saturated rings. The minimum atomic E-state index is -1.68. The van der Waals surface area contributed by atoms with Crippen molar-refractivity contribution in [1.82, 2.24) is 0 Å². The predicted octanol–water partition coefficient (Wildman–Crippen LogP) is 2.76. The molecular weight excluding hydrogens is 337 g/mol. The Kier molecular flexibility index (Phi) is 4.55. The van der Waals surface area contributed by atoms with Crippen LogP contribution in [0.3, 0.4) is 0 Å². The number of hydrogen-bond acceptors (Lipinski definition) is 1. The van der Waals surface area contributed by atoms with Crippen molar-refractivity contribution in [2.75, 3.05) is 15.0 Å². The van der Waals surface area contributed by atoms with E-state index in [9.17, 15) is 4.57 Å². The fourth-order valence-electron chi connectivity index (χ4n) is 0.0319. The van der Waals surface area contributed by atoms with Crippen LogP contribution >= 0.6 is 52.3 Å². The lowest BCUT2D eigenvalue weighted by atomic mass is 11.8. The second kappa shape index (κ2) is 3.67. The van der Waals surface area contributed by atoms with Crippen molar-refractivity contribution in [3.05, 3.63) is 0 Å². The second-order valence-corrected chi connectivity index (χ2v) is 8.70. The highest BCUT2D eigenvalue weighted by molar-refractivity contribution is 14.1. The molecule has 44 valence electrons. The average molecular weight is 344 g/mol. The molecule has 0 saturated heterocycles. The van der Waals surface area contributed by atoms with E-state index in [0.29, 0.717) is 0 Å². The van der Waals surface area contributed by atoms with Crippen molar-refractivity contribution < 1.29 is 4.57 Å². The van der Waals surface area contributed by atoms with Crippen LogP contribution in [-0.4, -0.2) is 15.0 Å². The maximum absolute atomic E-state index is 10.9. The molecule has 0 aliphatic rings. The first-order valence-corrected chi connectivity index (χ1v) is 7.37. The highest BCUT2D eigenvalue weighted by Gasteiger charge is 2.08. The lowest BCUT2D eigenvalue weighted by Crippen LogP contribution is -1.77. The van der Waals surface area contributed by atoms with E-state index in [0.717, 1.165) is 8.34 Å². The molecule has 1 nitrogen and oxygen atoms in total. The summed E-state index contributed by atoms with van der Waals surface area (Å²) in [5.41, 5.74) is 0. The molecule has 0 spiro atoms. The van der Waals surface area contributed by atoms with Gasteiger partial charge in [0.25, 0.3) is 0 Å². The van der Waals surface area contributed by atoms with Gasteiger partial charge in [-0.15, -0.1) is 0 Å². The molecule has 0 rings (SSSR count). The van der Waals surface area contributed by atoms with E-state index in [1.54, 1.807) is 0 Å². The van der Waals surface area contributed by atoms with Crippen LogP contribution in [0.15, 0.2) is 0 Å². The Labute approximate surface area is 71.3 Å². The third-order valence-corrected chi connectivity index (χ3v) is 10.2. The van der Waals surface area contributed by atoms with Gasteiger partial charge in [0.2, 0.25) is 0 Å². The van der Waals surface area contributed by atoms with Crippen LogP contribution in [0.2, 0.25) is 0 Å². The van der Waals surface area contributed by atoms with Gasteiger partial charge in [0.15, 0.2) is 0 Å². The highest BCUT2D eigenvalue weighted by Crippen LogP contribution is 2.44. The Morgan fingerprint density at radius 3 is 1.71 bits per heavy atom. The largest absolute Gasteiger partial charge is 0.322 e. The van der Waals surface area contributed by atoms with Gasteiger partial charge in [0, 0.05) is 0 Å². The fraction of sp³-hybridized carbons (Fsp3) is 1.00. The van der Waals surface area contributed by atoms with Gasteiger partial charge in [-0.05, 0) is 6.66 Å². The molecule has 4 heteroatoms. The average Bonchev–Trinajstić information content (AvgIpc) is 1.68. The summed E-state index contributed by atoms with van der Waals surface area (Å²) in [5.74, 6) is 0. The standard InChI is InChI=1S/C3H7I2OP/c1-7(6,2-4)3-5/h2-3H2,1H3. The maximum atomic E-state index is 10.9. The van der Waals surface area contributed by atoms with Crippen molar-refractivity contribution >= 4 is 52.3 Å². The predicted molar refractivity (Wildman–Crippen MR) is 51.3 cm³/mol. The van der Waals surface area contributed by atoms with E-state index < -0.39 is 7.14 Å². The quantitative estimate of drug-likeness (QED) is 0.428. The summed E-state index contributed by atoms with van der Waals surface area (Å²) in [6.45, 7) is 1.84. The third kappa shape index (κ3) is 4.21. The zero-order valence-electron chi connectivity index (χ0n) is 4.03. The second-order valence-electron chi connectivity index (χ2n) is 1.54. The summed E-state index contributed by atoms with van der Waals surface area (Å²) < 4.78 is 12.6. The molecule has 0 aromatic rings. The van der Waals surface area contributed by atoms with E-state index in [4.69, 9.17) is 0 Å². The highest BCUT2D eigenvalue weighted by atomic mass is 127. The molecule has 0 amide bonds. The molecule has 0 aromatic carbocycles. The van der Waals surface area contributed by atoms with Crippen LogP contribution in [0.1, 0.15) is 0 Å². The van der Waals surface area contributed by atoms with Crippen LogP contribution in [0.4, 0.5) is 0 Å². The fourth-order valence-corrected chi connectivity index (χ4v) is 4.31. The Hall–Kier alpha value is 1.69. The SMILES string of the molecule is CP(=O)(CI)CI. The smallest absolute Gasteiger partial charge is 0.103 e. The molecule has 7 heavy (non-hydrogen) atoms. The Balaban J connectivity index is 3.61. The van der Waals surface area contributed by atoms with Crippen LogP contribution in [0.25, 0.3) is 0 Å². The van der Waals surface area contributed by atoms with Gasteiger partial charge < -0.3 is 4.57 Å². The van der Waals surface area contributed by atoms with Gasteiger partial charge in [-0.1, -0.05) is 45.2 Å². The van der Waals surface area contributed by atoms with Gasteiger partial charge in [-0.2, -0.15) is 0 Å². The summed E-state index contributed by atoms with van der Waals surface area (Å²) in [4.78, 5) is 0. The van der Waals surface area contributed by atoms with Crippen molar-refractivity contribution in [3.63, 3.8) is 0 Å². The first kappa shape index (κ1) is 8.69. The minimum Gasteiger partial charge on any atom is -0.322 e. The van der Waals surface area contributed by atoms with Gasteiger partial charge in [0.05, 0.1) is 8.34 Å². The summed E-state index contributed by atoms with van der Waals surface area (Å²) in [5, 5.41) is 0. The molecule has 0 bridgehead atoms. The lowest BCUT2D eigenvalue weighted by Gasteiger charge is -2.00. The van der Waals surface area contributed by atoms with Gasteiger partial charge in [-0.3, -0.25) is 0 Å². The first-order chi connectivity index (χ1) is 3.12. The van der Waals surface area contributed by atoms with Gasteiger partial charge >= 0.3 is 0 Å². The summed E-state index contributed by atoms with van der Waals surface area (Å²) in [6.07, 6.45) is 0. The van der Waals surface area contributed by atoms with Crippen molar-refractivity contribution in [2.24, 2.45) is 0 Å². The monoisotopic (exact) mass is 344 g/mol. The molecule has 0 N–H and O–H groups in total. The van der Waals surface area contributed by atoms with E-state index in [-0.39, 0.29) is 0 Å². The summed E-state index contributed by atoms with van der Waals surface area (Å²) >= 11 is 4.32. The number of halogens is 2. The van der Waals surface area contributed by atoms with Gasteiger partial charge in [-0.25, -0.2) is 0 Å². The normalized spacial score (nSPS) is 11.9. The number of hydrogen-bond donors (Lipinski definition) is 0. The van der Waals surface area contributed by atoms with Crippen LogP contribution < -0.4 is 0 Å². The molecule has 0 aliphatic heterocycles. The molecule has 0 aromatic heterocycles. The van der Waals surface area contributed by atoms with Crippen LogP contribution in [0, 0.1) is 0 Å². The van der Waals surface area contributed by atoms with Crippen LogP contribution in [0.5, 0.6) is 0 Å². The molecule has 0 heterocycles. The number of alkyl halides is 2. The van der Waals surface area contributed by atoms with Crippen molar-refractivity contribution in [1.29, 1.82) is 0 Å². The lowest BCUT2D eigenvalue weighted by molar-refractivity contribution is 0.585. The topological polar surface area (TPSA) is 17.1 Å². The van der Waals surface area contributed by atoms with E-state index in [1.807, 2.05) is 6.66 Å². The third-order valence-electron chi connectivity index (χ3n) is 0.506. The molecule has 0 atom stereocenters. The van der Waals surface area contributed by atoms with Crippen LogP contribution in [-0.2, 0) is 4.57 Å². The Bertz CT molecular complexity index is 84.9. The van der Waals surface area contributed by atoms with E-state index in [1.165, 1.54) is 0 Å². The first-order valence-electron chi connectivity index (χ1n) is 1.80. The van der Waals surface area contributed by atoms with E-state index in [2.05, 4.69) is 45.2 Å². The Morgan fingerprint density at radius 1 is 1.43 bits per heavy atom. The molecule has 0 saturated carbocycles. The zero-order chi connectivity index (χ0) is 5.91. The van der Waals surface area contributed by atoms with Gasteiger partial charge in [0.1, 0.15) is 7.14 Å². The summed E-state index contributed by atoms with van der Waals surface area (Å²) in [6, 6.07) is 0. The van der Waals surface area contributed by atoms with E-state index >= 15 is 0 Å². The Morgan fingerprint density at radius 2 is 1.71 bits per heavy atom. The molecule has 0 radical (unpaired) electrons. The zero-order valence-corrected chi connectivity index (χ0v) is 9.24.